The van der Waals surface area contributed by atoms with Gasteiger partial charge in [-0.25, -0.2) is 0 Å². The molecule has 0 aromatic carbocycles. The summed E-state index contributed by atoms with van der Waals surface area (Å²) in [5.74, 6) is 1.68. The van der Waals surface area contributed by atoms with Crippen LogP contribution in [-0.4, -0.2) is 37.6 Å². The molecule has 0 rings (SSSR count). The normalized spacial score (nSPS) is 9.35. The van der Waals surface area contributed by atoms with Crippen LogP contribution in [0, 0.1) is 5.92 Å². The van der Waals surface area contributed by atoms with E-state index in [4.69, 9.17) is 0 Å². The van der Waals surface area contributed by atoms with Gasteiger partial charge in [-0.1, -0.05) is 80.5 Å². The molecule has 0 atom stereocenters. The molecule has 0 fully saturated rings. The van der Waals surface area contributed by atoms with Gasteiger partial charge in [-0.15, -0.1) is 11.8 Å². The van der Waals surface area contributed by atoms with E-state index >= 15 is 0 Å². The Labute approximate surface area is 152 Å². The number of rotatable bonds is 9. The molecule has 0 spiro atoms. The Hall–Kier alpha value is -0.540. The highest BCUT2D eigenvalue weighted by Gasteiger charge is 2.01. The summed E-state index contributed by atoms with van der Waals surface area (Å²) in [4.78, 5) is 6.89. The third kappa shape index (κ3) is 34.0. The number of thioether (sulfide) groups is 1. The monoisotopic (exact) mass is 344 g/mol. The molecule has 0 aromatic heterocycles. The molecule has 0 amide bonds. The molecule has 23 heavy (non-hydrogen) atoms. The van der Waals surface area contributed by atoms with Gasteiger partial charge in [0.2, 0.25) is 0 Å². The number of nitrogens with zero attached hydrogens (tertiary/aromatic N) is 2. The van der Waals surface area contributed by atoms with E-state index in [1.807, 2.05) is 39.5 Å². The van der Waals surface area contributed by atoms with Crippen molar-refractivity contribution in [1.82, 2.24) is 4.90 Å². The van der Waals surface area contributed by atoms with Crippen LogP contribution in [-0.2, 0) is 0 Å². The summed E-state index contributed by atoms with van der Waals surface area (Å²) in [5.41, 5.74) is 0. The van der Waals surface area contributed by atoms with Crippen LogP contribution in [0.3, 0.4) is 0 Å². The minimum atomic E-state index is 0.611. The van der Waals surface area contributed by atoms with Crippen molar-refractivity contribution in [3.8, 4) is 0 Å². The minimum Gasteiger partial charge on any atom is -0.304 e. The zero-order valence-electron chi connectivity index (χ0n) is 17.5. The predicted octanol–water partition coefficient (Wildman–Crippen LogP) is 6.89. The second-order valence-electron chi connectivity index (χ2n) is 4.72. The second-order valence-corrected chi connectivity index (χ2v) is 5.79. The number of hydrogen-bond donors (Lipinski definition) is 0. The van der Waals surface area contributed by atoms with Gasteiger partial charge in [0.25, 0.3) is 0 Å². The fourth-order valence-corrected chi connectivity index (χ4v) is 2.05. The van der Waals surface area contributed by atoms with Crippen LogP contribution in [0.25, 0.3) is 0 Å². The Balaban J connectivity index is -0.000000222. The zero-order valence-corrected chi connectivity index (χ0v) is 18.3. The van der Waals surface area contributed by atoms with Crippen molar-refractivity contribution in [3.63, 3.8) is 0 Å². The van der Waals surface area contributed by atoms with Crippen LogP contribution in [0.15, 0.2) is 28.6 Å². The number of allylic oxidation sites excluding steroid dienone is 2. The summed E-state index contributed by atoms with van der Waals surface area (Å²) in [5, 5.41) is 0. The van der Waals surface area contributed by atoms with Gasteiger partial charge in [0.1, 0.15) is 0 Å². The largest absolute Gasteiger partial charge is 0.304 e. The zero-order chi connectivity index (χ0) is 19.1. The van der Waals surface area contributed by atoms with E-state index in [0.717, 1.165) is 12.4 Å². The van der Waals surface area contributed by atoms with Crippen molar-refractivity contribution in [2.24, 2.45) is 10.9 Å². The molecule has 0 heterocycles. The van der Waals surface area contributed by atoms with Crippen LogP contribution in [0.1, 0.15) is 68.2 Å². The molecular formula is C20H44N2S. The van der Waals surface area contributed by atoms with E-state index in [0.29, 0.717) is 5.92 Å². The maximum absolute atomic E-state index is 4.06. The Morgan fingerprint density at radius 3 is 2.00 bits per heavy atom. The molecule has 2 nitrogen and oxygen atoms in total. The highest BCUT2D eigenvalue weighted by atomic mass is 32.2. The average molecular weight is 345 g/mol. The second kappa shape index (κ2) is 29.5. The molecular weight excluding hydrogens is 300 g/mol. The third-order valence-electron chi connectivity index (χ3n) is 2.37. The molecule has 0 saturated heterocycles. The summed E-state index contributed by atoms with van der Waals surface area (Å²) in [6.07, 6.45) is 6.92. The Morgan fingerprint density at radius 2 is 1.65 bits per heavy atom. The van der Waals surface area contributed by atoms with Crippen LogP contribution < -0.4 is 0 Å². The first-order valence-corrected chi connectivity index (χ1v) is 10.1. The lowest BCUT2D eigenvalue weighted by molar-refractivity contribution is 0.332. The molecule has 0 aliphatic heterocycles. The van der Waals surface area contributed by atoms with Crippen LogP contribution >= 0.6 is 11.8 Å². The van der Waals surface area contributed by atoms with Gasteiger partial charge >= 0.3 is 0 Å². The molecule has 0 saturated carbocycles. The van der Waals surface area contributed by atoms with Crippen LogP contribution in [0.5, 0.6) is 0 Å². The fourth-order valence-electron chi connectivity index (χ4n) is 1.22. The Bertz CT molecular complexity index is 248. The van der Waals surface area contributed by atoms with Crippen molar-refractivity contribution in [2.45, 2.75) is 68.2 Å². The standard InChI is InChI=1S/C14H27NS.C2H5N.2C2H6/c1-6-8-11-15(7-2)12-16-14(5)10-9-13(3)4;1-3-2;2*1-2/h9-10,13H,5-8,11-12H2,1-4H3;1H2,2H3;2*1-2H3/b10-9+;;;. The number of hydrogen-bond acceptors (Lipinski definition) is 3. The smallest absolute Gasteiger partial charge is 0.0491 e. The van der Waals surface area contributed by atoms with E-state index in [2.05, 4.69) is 63.0 Å². The summed E-state index contributed by atoms with van der Waals surface area (Å²) < 4.78 is 0. The molecule has 0 N–H and O–H groups in total. The third-order valence-corrected chi connectivity index (χ3v) is 3.38. The molecule has 0 bridgehead atoms. The summed E-state index contributed by atoms with van der Waals surface area (Å²) in [6, 6.07) is 0. The van der Waals surface area contributed by atoms with Crippen molar-refractivity contribution in [1.29, 1.82) is 0 Å². The first kappa shape index (κ1) is 30.4. The van der Waals surface area contributed by atoms with E-state index < -0.39 is 0 Å². The van der Waals surface area contributed by atoms with Gasteiger partial charge in [0.15, 0.2) is 0 Å². The van der Waals surface area contributed by atoms with Crippen molar-refractivity contribution in [2.75, 3.05) is 26.0 Å². The van der Waals surface area contributed by atoms with E-state index in [9.17, 15) is 0 Å². The van der Waals surface area contributed by atoms with Gasteiger partial charge in [0.05, 0.1) is 0 Å². The Morgan fingerprint density at radius 1 is 1.17 bits per heavy atom. The summed E-state index contributed by atoms with van der Waals surface area (Å²) in [6.45, 7) is 26.4. The average Bonchev–Trinajstić information content (AvgIpc) is 2.57. The quantitative estimate of drug-likeness (QED) is 0.257. The van der Waals surface area contributed by atoms with Gasteiger partial charge in [-0.05, 0) is 32.1 Å². The van der Waals surface area contributed by atoms with Gasteiger partial charge in [0, 0.05) is 17.8 Å². The van der Waals surface area contributed by atoms with Gasteiger partial charge in [-0.3, -0.25) is 4.90 Å². The lowest BCUT2D eigenvalue weighted by atomic mass is 10.2. The summed E-state index contributed by atoms with van der Waals surface area (Å²) >= 11 is 1.85. The highest BCUT2D eigenvalue weighted by Crippen LogP contribution is 2.17. The number of aliphatic imine (C=N–C) groups is 1. The topological polar surface area (TPSA) is 15.6 Å². The Kier molecular flexibility index (Phi) is 38.9. The SMILES string of the molecule is C=C(/C=C/C(C)C)SCN(CC)CCCC.C=NC.CC.CC. The number of unbranched alkanes of at least 4 members (excludes halogenated alkanes) is 1. The maximum Gasteiger partial charge on any atom is 0.0491 e. The first-order valence-electron chi connectivity index (χ1n) is 9.08. The lowest BCUT2D eigenvalue weighted by Gasteiger charge is -2.19. The van der Waals surface area contributed by atoms with Gasteiger partial charge < -0.3 is 4.99 Å². The van der Waals surface area contributed by atoms with E-state index in [1.165, 1.54) is 24.3 Å². The molecule has 0 radical (unpaired) electrons. The van der Waals surface area contributed by atoms with Crippen molar-refractivity contribution < 1.29 is 0 Å². The summed E-state index contributed by atoms with van der Waals surface area (Å²) in [7, 11) is 1.64. The molecule has 0 aliphatic rings. The lowest BCUT2D eigenvalue weighted by Crippen LogP contribution is -2.23. The molecule has 0 aromatic rings. The van der Waals surface area contributed by atoms with E-state index in [-0.39, 0.29) is 0 Å². The first-order chi connectivity index (χ1) is 11.0. The molecule has 3 heteroatoms. The van der Waals surface area contributed by atoms with Crippen molar-refractivity contribution in [3.05, 3.63) is 23.6 Å². The molecule has 140 valence electrons. The maximum atomic E-state index is 4.06. The van der Waals surface area contributed by atoms with Gasteiger partial charge in [-0.2, -0.15) is 0 Å². The van der Waals surface area contributed by atoms with Crippen LogP contribution in [0.2, 0.25) is 0 Å². The minimum absolute atomic E-state index is 0.611. The highest BCUT2D eigenvalue weighted by molar-refractivity contribution is 8.03. The van der Waals surface area contributed by atoms with E-state index in [1.54, 1.807) is 7.05 Å². The van der Waals surface area contributed by atoms with Crippen LogP contribution in [0.4, 0.5) is 0 Å². The molecule has 0 unspecified atom stereocenters. The predicted molar refractivity (Wildman–Crippen MR) is 116 cm³/mol. The molecule has 0 aliphatic carbocycles. The van der Waals surface area contributed by atoms with Crippen molar-refractivity contribution >= 4 is 18.5 Å². The fraction of sp³-hybridized carbons (Fsp3) is 0.750.